The van der Waals surface area contributed by atoms with Crippen molar-refractivity contribution in [2.45, 2.75) is 12.1 Å². The van der Waals surface area contributed by atoms with Crippen LogP contribution in [0.5, 0.6) is 5.75 Å². The molecule has 0 aromatic heterocycles. The third-order valence-electron chi connectivity index (χ3n) is 2.17. The molecule has 1 aromatic rings. The van der Waals surface area contributed by atoms with Crippen molar-refractivity contribution in [2.24, 2.45) is 5.73 Å². The topological polar surface area (TPSA) is 55.5 Å². The quantitative estimate of drug-likeness (QED) is 0.658. The number of ether oxygens (including phenoxy) is 1. The van der Waals surface area contributed by atoms with Crippen molar-refractivity contribution < 1.29 is 9.84 Å². The summed E-state index contributed by atoms with van der Waals surface area (Å²) in [5.41, 5.74) is 6.47. The Morgan fingerprint density at radius 1 is 1.54 bits per heavy atom. The van der Waals surface area contributed by atoms with Gasteiger partial charge in [0, 0.05) is 10.6 Å². The Balaban J connectivity index is 2.51. The van der Waals surface area contributed by atoms with E-state index in [2.05, 4.69) is 0 Å². The molecule has 13 heavy (non-hydrogen) atoms. The second kappa shape index (κ2) is 3.18. The van der Waals surface area contributed by atoms with E-state index < -0.39 is 12.1 Å². The molecule has 2 unspecified atom stereocenters. The highest BCUT2D eigenvalue weighted by Gasteiger charge is 2.28. The van der Waals surface area contributed by atoms with Gasteiger partial charge >= 0.3 is 0 Å². The van der Waals surface area contributed by atoms with E-state index in [4.69, 9.17) is 22.1 Å². The lowest BCUT2D eigenvalue weighted by atomic mass is 9.99. The molecule has 2 rings (SSSR count). The summed E-state index contributed by atoms with van der Waals surface area (Å²) in [7, 11) is 0. The van der Waals surface area contributed by atoms with Crippen LogP contribution in [0.15, 0.2) is 18.2 Å². The first kappa shape index (κ1) is 8.81. The number of hydrogen-bond acceptors (Lipinski definition) is 3. The smallest absolute Gasteiger partial charge is 0.125 e. The summed E-state index contributed by atoms with van der Waals surface area (Å²) < 4.78 is 5.27. The first-order chi connectivity index (χ1) is 6.20. The van der Waals surface area contributed by atoms with Crippen molar-refractivity contribution in [1.82, 2.24) is 0 Å². The number of aliphatic hydroxyl groups excluding tert-OH is 1. The van der Waals surface area contributed by atoms with Crippen LogP contribution < -0.4 is 10.5 Å². The van der Waals surface area contributed by atoms with Crippen LogP contribution in [-0.4, -0.2) is 17.8 Å². The number of aliphatic hydroxyl groups is 1. The van der Waals surface area contributed by atoms with Gasteiger partial charge < -0.3 is 15.6 Å². The van der Waals surface area contributed by atoms with E-state index in [1.807, 2.05) is 0 Å². The summed E-state index contributed by atoms with van der Waals surface area (Å²) >= 11 is 5.93. The maximum atomic E-state index is 9.44. The number of benzene rings is 1. The Labute approximate surface area is 81.1 Å². The van der Waals surface area contributed by atoms with Crippen molar-refractivity contribution >= 4 is 11.6 Å². The minimum atomic E-state index is -0.674. The van der Waals surface area contributed by atoms with Gasteiger partial charge in [-0.05, 0) is 12.1 Å². The molecule has 1 heterocycles. The average Bonchev–Trinajstić information content (AvgIpc) is 2.12. The van der Waals surface area contributed by atoms with Gasteiger partial charge in [-0.3, -0.25) is 0 Å². The molecule has 0 fully saturated rings. The molecule has 3 nitrogen and oxygen atoms in total. The fourth-order valence-electron chi connectivity index (χ4n) is 1.44. The van der Waals surface area contributed by atoms with E-state index in [-0.39, 0.29) is 6.61 Å². The first-order valence-electron chi connectivity index (χ1n) is 4.05. The standard InChI is InChI=1S/C9H10ClNO2/c10-5-2-1-3-7-8(5)9(11)6(12)4-13-7/h1-3,6,9,12H,4,11H2. The van der Waals surface area contributed by atoms with E-state index in [9.17, 15) is 5.11 Å². The highest BCUT2D eigenvalue weighted by molar-refractivity contribution is 6.31. The minimum Gasteiger partial charge on any atom is -0.490 e. The first-order valence-corrected chi connectivity index (χ1v) is 4.43. The molecule has 70 valence electrons. The largest absolute Gasteiger partial charge is 0.490 e. The molecule has 1 aliphatic rings. The molecule has 2 atom stereocenters. The van der Waals surface area contributed by atoms with Crippen LogP contribution in [0.25, 0.3) is 0 Å². The van der Waals surface area contributed by atoms with Crippen LogP contribution in [-0.2, 0) is 0 Å². The molecule has 4 heteroatoms. The molecule has 0 aliphatic carbocycles. The molecule has 0 bridgehead atoms. The Kier molecular flexibility index (Phi) is 2.15. The van der Waals surface area contributed by atoms with Gasteiger partial charge in [0.05, 0.1) is 6.04 Å². The molecule has 1 aromatic carbocycles. The lowest BCUT2D eigenvalue weighted by Crippen LogP contribution is -2.35. The summed E-state index contributed by atoms with van der Waals surface area (Å²) in [6, 6.07) is 4.89. The van der Waals surface area contributed by atoms with E-state index in [0.717, 1.165) is 0 Å². The molecular weight excluding hydrogens is 190 g/mol. The predicted octanol–water partition coefficient (Wildman–Crippen LogP) is 1.09. The molecular formula is C9H10ClNO2. The Morgan fingerprint density at radius 3 is 3.08 bits per heavy atom. The maximum Gasteiger partial charge on any atom is 0.125 e. The van der Waals surface area contributed by atoms with E-state index in [0.29, 0.717) is 16.3 Å². The molecule has 0 spiro atoms. The molecule has 0 saturated carbocycles. The molecule has 3 N–H and O–H groups in total. The number of nitrogens with two attached hydrogens (primary N) is 1. The van der Waals surface area contributed by atoms with Crippen LogP contribution in [0.4, 0.5) is 0 Å². The number of fused-ring (bicyclic) bond motifs is 1. The highest BCUT2D eigenvalue weighted by atomic mass is 35.5. The van der Waals surface area contributed by atoms with Crippen LogP contribution in [0.3, 0.4) is 0 Å². The normalized spacial score (nSPS) is 26.4. The van der Waals surface area contributed by atoms with Gasteiger partial charge in [-0.1, -0.05) is 17.7 Å². The SMILES string of the molecule is NC1c2c(Cl)cccc2OCC1O. The van der Waals surface area contributed by atoms with E-state index >= 15 is 0 Å². The van der Waals surface area contributed by atoms with Gasteiger partial charge in [0.15, 0.2) is 0 Å². The Bertz CT molecular complexity index is 329. The van der Waals surface area contributed by atoms with Crippen molar-refractivity contribution in [2.75, 3.05) is 6.61 Å². The zero-order valence-corrected chi connectivity index (χ0v) is 7.66. The van der Waals surface area contributed by atoms with Crippen LogP contribution in [0.1, 0.15) is 11.6 Å². The van der Waals surface area contributed by atoms with Gasteiger partial charge in [-0.2, -0.15) is 0 Å². The highest BCUT2D eigenvalue weighted by Crippen LogP contribution is 2.35. The summed E-state index contributed by atoms with van der Waals surface area (Å²) in [5.74, 6) is 0.672. The summed E-state index contributed by atoms with van der Waals surface area (Å²) in [6.45, 7) is 0.231. The predicted molar refractivity (Wildman–Crippen MR) is 49.9 cm³/mol. The number of hydrogen-bond donors (Lipinski definition) is 2. The minimum absolute atomic E-state index is 0.231. The maximum absolute atomic E-state index is 9.44. The van der Waals surface area contributed by atoms with Crippen LogP contribution in [0, 0.1) is 0 Å². The molecule has 0 radical (unpaired) electrons. The van der Waals surface area contributed by atoms with Gasteiger partial charge in [0.1, 0.15) is 18.5 Å². The summed E-state index contributed by atoms with van der Waals surface area (Å²) in [5, 5.41) is 9.99. The Hall–Kier alpha value is -0.770. The van der Waals surface area contributed by atoms with Crippen molar-refractivity contribution in [3.8, 4) is 5.75 Å². The summed E-state index contributed by atoms with van der Waals surface area (Å²) in [4.78, 5) is 0. The van der Waals surface area contributed by atoms with E-state index in [1.54, 1.807) is 18.2 Å². The van der Waals surface area contributed by atoms with Crippen molar-refractivity contribution in [1.29, 1.82) is 0 Å². The average molecular weight is 200 g/mol. The number of rotatable bonds is 0. The monoisotopic (exact) mass is 199 g/mol. The van der Waals surface area contributed by atoms with Gasteiger partial charge in [0.2, 0.25) is 0 Å². The molecule has 0 amide bonds. The van der Waals surface area contributed by atoms with Gasteiger partial charge in [-0.15, -0.1) is 0 Å². The van der Waals surface area contributed by atoms with Crippen LogP contribution >= 0.6 is 11.6 Å². The summed E-state index contributed by atoms with van der Waals surface area (Å²) in [6.07, 6.45) is -0.674. The second-order valence-electron chi connectivity index (χ2n) is 3.06. The second-order valence-corrected chi connectivity index (χ2v) is 3.46. The molecule has 1 aliphatic heterocycles. The lowest BCUT2D eigenvalue weighted by Gasteiger charge is -2.28. The van der Waals surface area contributed by atoms with Crippen LogP contribution in [0.2, 0.25) is 5.02 Å². The Morgan fingerprint density at radius 2 is 2.31 bits per heavy atom. The fraction of sp³-hybridized carbons (Fsp3) is 0.333. The van der Waals surface area contributed by atoms with Crippen molar-refractivity contribution in [3.05, 3.63) is 28.8 Å². The zero-order chi connectivity index (χ0) is 9.42. The lowest BCUT2D eigenvalue weighted by molar-refractivity contribution is 0.0679. The third kappa shape index (κ3) is 1.39. The van der Waals surface area contributed by atoms with Crippen molar-refractivity contribution in [3.63, 3.8) is 0 Å². The zero-order valence-electron chi connectivity index (χ0n) is 6.90. The third-order valence-corrected chi connectivity index (χ3v) is 2.50. The fourth-order valence-corrected chi connectivity index (χ4v) is 1.73. The number of halogens is 1. The van der Waals surface area contributed by atoms with Gasteiger partial charge in [-0.25, -0.2) is 0 Å². The molecule has 0 saturated heterocycles. The van der Waals surface area contributed by atoms with E-state index in [1.165, 1.54) is 0 Å². The van der Waals surface area contributed by atoms with Gasteiger partial charge in [0.25, 0.3) is 0 Å².